The van der Waals surface area contributed by atoms with Gasteiger partial charge in [-0.05, 0) is 36.0 Å². The highest BCUT2D eigenvalue weighted by Gasteiger charge is 2.22. The zero-order chi connectivity index (χ0) is 19.9. The van der Waals surface area contributed by atoms with Gasteiger partial charge in [0.2, 0.25) is 0 Å². The summed E-state index contributed by atoms with van der Waals surface area (Å²) in [6.07, 6.45) is 25.1. The van der Waals surface area contributed by atoms with Crippen molar-refractivity contribution in [2.75, 3.05) is 0 Å². The van der Waals surface area contributed by atoms with Crippen LogP contribution >= 0.6 is 0 Å². The second-order valence-corrected chi connectivity index (χ2v) is 10.3. The van der Waals surface area contributed by atoms with Crippen molar-refractivity contribution in [1.82, 2.24) is 0 Å². The van der Waals surface area contributed by atoms with Gasteiger partial charge in [0.05, 0.1) is 0 Å². The molecule has 1 aliphatic rings. The van der Waals surface area contributed by atoms with Gasteiger partial charge in [0.25, 0.3) is 0 Å². The Morgan fingerprint density at radius 3 is 1.93 bits per heavy atom. The zero-order valence-electron chi connectivity index (χ0n) is 19.9. The molecule has 0 saturated heterocycles. The molecule has 162 valence electrons. The standard InChI is InChI=1S/C27H54/c1-6-14-24(5)27(22-17-23(4)7-2)16-13-11-9-10-12-15-25(8-3)18-19-26-20-21-26/h23-27H,6-22H2,1-5H3. The van der Waals surface area contributed by atoms with Crippen LogP contribution < -0.4 is 0 Å². The van der Waals surface area contributed by atoms with Crippen LogP contribution in [0.5, 0.6) is 0 Å². The summed E-state index contributed by atoms with van der Waals surface area (Å²) in [4.78, 5) is 0. The van der Waals surface area contributed by atoms with E-state index in [-0.39, 0.29) is 0 Å². The van der Waals surface area contributed by atoms with E-state index < -0.39 is 0 Å². The van der Waals surface area contributed by atoms with Gasteiger partial charge in [0.15, 0.2) is 0 Å². The smallest absolute Gasteiger partial charge is 0.0388 e. The molecule has 4 unspecified atom stereocenters. The van der Waals surface area contributed by atoms with Crippen LogP contribution in [-0.2, 0) is 0 Å². The molecular weight excluding hydrogens is 324 g/mol. The number of hydrogen-bond donors (Lipinski definition) is 0. The van der Waals surface area contributed by atoms with Crippen LogP contribution in [0.25, 0.3) is 0 Å². The second kappa shape index (κ2) is 15.9. The minimum atomic E-state index is 0.924. The first-order valence-electron chi connectivity index (χ1n) is 13.1. The maximum Gasteiger partial charge on any atom is -0.0388 e. The van der Waals surface area contributed by atoms with Crippen LogP contribution in [0.4, 0.5) is 0 Å². The fraction of sp³-hybridized carbons (Fsp3) is 1.00. The summed E-state index contributed by atoms with van der Waals surface area (Å²) in [5.41, 5.74) is 0. The summed E-state index contributed by atoms with van der Waals surface area (Å²) < 4.78 is 0. The molecule has 0 heterocycles. The van der Waals surface area contributed by atoms with E-state index >= 15 is 0 Å². The van der Waals surface area contributed by atoms with Crippen LogP contribution in [0.1, 0.15) is 144 Å². The predicted molar refractivity (Wildman–Crippen MR) is 124 cm³/mol. The summed E-state index contributed by atoms with van der Waals surface area (Å²) in [6, 6.07) is 0. The molecule has 27 heavy (non-hydrogen) atoms. The third-order valence-electron chi connectivity index (χ3n) is 7.72. The van der Waals surface area contributed by atoms with Crippen molar-refractivity contribution in [3.8, 4) is 0 Å². The Hall–Kier alpha value is 0. The molecule has 0 spiro atoms. The van der Waals surface area contributed by atoms with Gasteiger partial charge in [-0.3, -0.25) is 0 Å². The van der Waals surface area contributed by atoms with Crippen LogP contribution in [0.2, 0.25) is 0 Å². The van der Waals surface area contributed by atoms with Crippen molar-refractivity contribution in [2.24, 2.45) is 29.6 Å². The summed E-state index contributed by atoms with van der Waals surface area (Å²) >= 11 is 0. The van der Waals surface area contributed by atoms with Gasteiger partial charge in [-0.25, -0.2) is 0 Å². The van der Waals surface area contributed by atoms with Crippen LogP contribution in [0.15, 0.2) is 0 Å². The first-order valence-corrected chi connectivity index (χ1v) is 13.1. The fourth-order valence-corrected chi connectivity index (χ4v) is 4.91. The highest BCUT2D eigenvalue weighted by atomic mass is 14.3. The molecule has 0 aromatic rings. The van der Waals surface area contributed by atoms with Crippen molar-refractivity contribution in [1.29, 1.82) is 0 Å². The largest absolute Gasteiger partial charge is 0.0654 e. The number of unbranched alkanes of at least 4 members (excludes halogenated alkanes) is 4. The van der Waals surface area contributed by atoms with E-state index in [2.05, 4.69) is 34.6 Å². The van der Waals surface area contributed by atoms with Crippen LogP contribution in [0, 0.1) is 29.6 Å². The predicted octanol–water partition coefficient (Wildman–Crippen LogP) is 9.81. The first kappa shape index (κ1) is 25.0. The van der Waals surface area contributed by atoms with E-state index in [1.54, 1.807) is 0 Å². The molecule has 1 aliphatic carbocycles. The van der Waals surface area contributed by atoms with Crippen molar-refractivity contribution in [2.45, 2.75) is 144 Å². The highest BCUT2D eigenvalue weighted by Crippen LogP contribution is 2.36. The highest BCUT2D eigenvalue weighted by molar-refractivity contribution is 4.74. The molecule has 0 aromatic carbocycles. The molecule has 0 amide bonds. The van der Waals surface area contributed by atoms with Crippen molar-refractivity contribution >= 4 is 0 Å². The molecule has 0 N–H and O–H groups in total. The summed E-state index contributed by atoms with van der Waals surface area (Å²) in [5.74, 6) is 5.02. The average molecular weight is 379 g/mol. The average Bonchev–Trinajstić information content (AvgIpc) is 3.49. The Labute approximate surface area is 173 Å². The maximum atomic E-state index is 2.53. The Morgan fingerprint density at radius 2 is 1.33 bits per heavy atom. The number of rotatable bonds is 19. The van der Waals surface area contributed by atoms with E-state index in [4.69, 9.17) is 0 Å². The van der Waals surface area contributed by atoms with E-state index in [1.807, 2.05) is 0 Å². The van der Waals surface area contributed by atoms with Crippen molar-refractivity contribution < 1.29 is 0 Å². The quantitative estimate of drug-likeness (QED) is 0.196. The molecule has 1 rings (SSSR count). The normalized spacial score (nSPS) is 19.0. The third kappa shape index (κ3) is 13.0. The van der Waals surface area contributed by atoms with E-state index in [0.717, 1.165) is 29.6 Å². The SMILES string of the molecule is CCCC(C)C(CCCCCCCC(CC)CCC1CC1)CCC(C)CC. The van der Waals surface area contributed by atoms with E-state index in [1.165, 1.54) is 109 Å². The summed E-state index contributed by atoms with van der Waals surface area (Å²) in [7, 11) is 0. The molecule has 1 saturated carbocycles. The fourth-order valence-electron chi connectivity index (χ4n) is 4.91. The Morgan fingerprint density at radius 1 is 0.667 bits per heavy atom. The Bertz CT molecular complexity index is 316. The minimum absolute atomic E-state index is 0.924. The zero-order valence-corrected chi connectivity index (χ0v) is 19.9. The molecule has 0 bridgehead atoms. The molecule has 4 atom stereocenters. The maximum absolute atomic E-state index is 2.53. The number of hydrogen-bond acceptors (Lipinski definition) is 0. The van der Waals surface area contributed by atoms with Gasteiger partial charge in [0, 0.05) is 0 Å². The molecular formula is C27H54. The molecule has 0 aromatic heterocycles. The molecule has 0 aliphatic heterocycles. The van der Waals surface area contributed by atoms with Crippen molar-refractivity contribution in [3.05, 3.63) is 0 Å². The molecule has 0 radical (unpaired) electrons. The van der Waals surface area contributed by atoms with Crippen LogP contribution in [-0.4, -0.2) is 0 Å². The van der Waals surface area contributed by atoms with E-state index in [0.29, 0.717) is 0 Å². The summed E-state index contributed by atoms with van der Waals surface area (Å²) in [6.45, 7) is 12.1. The Kier molecular flexibility index (Phi) is 14.7. The van der Waals surface area contributed by atoms with Gasteiger partial charge < -0.3 is 0 Å². The van der Waals surface area contributed by atoms with Crippen molar-refractivity contribution in [3.63, 3.8) is 0 Å². The van der Waals surface area contributed by atoms with Gasteiger partial charge in [0.1, 0.15) is 0 Å². The monoisotopic (exact) mass is 378 g/mol. The summed E-state index contributed by atoms with van der Waals surface area (Å²) in [5, 5.41) is 0. The minimum Gasteiger partial charge on any atom is -0.0654 e. The second-order valence-electron chi connectivity index (χ2n) is 10.3. The van der Waals surface area contributed by atoms with Gasteiger partial charge in [-0.2, -0.15) is 0 Å². The van der Waals surface area contributed by atoms with E-state index in [9.17, 15) is 0 Å². The van der Waals surface area contributed by atoms with Gasteiger partial charge >= 0.3 is 0 Å². The topological polar surface area (TPSA) is 0 Å². The van der Waals surface area contributed by atoms with Crippen LogP contribution in [0.3, 0.4) is 0 Å². The molecule has 1 fully saturated rings. The van der Waals surface area contributed by atoms with Gasteiger partial charge in [-0.15, -0.1) is 0 Å². The lowest BCUT2D eigenvalue weighted by molar-refractivity contribution is 0.266. The van der Waals surface area contributed by atoms with Gasteiger partial charge in [-0.1, -0.05) is 137 Å². The first-order chi connectivity index (χ1) is 13.1. The lowest BCUT2D eigenvalue weighted by Gasteiger charge is -2.25. The lowest BCUT2D eigenvalue weighted by atomic mass is 9.81. The third-order valence-corrected chi connectivity index (χ3v) is 7.72. The lowest BCUT2D eigenvalue weighted by Crippen LogP contribution is -2.13. The molecule has 0 heteroatoms. The Balaban J connectivity index is 2.08. The molecule has 0 nitrogen and oxygen atoms in total.